The van der Waals surface area contributed by atoms with Crippen molar-refractivity contribution >= 4 is 39.0 Å². The highest BCUT2D eigenvalue weighted by atomic mass is 35.5. The van der Waals surface area contributed by atoms with Gasteiger partial charge in [0.1, 0.15) is 11.4 Å². The first-order chi connectivity index (χ1) is 16.3. The molecule has 0 bridgehead atoms. The zero-order chi connectivity index (χ0) is 25.5. The standard InChI is InChI=1S/C26H30Cl2FNO4S/c1-26(2,3)34-25(31)23-14-22(16-4-5-16)17(10-24(23)29)15-30-8-6-20(7-9-30)35(32,33)21-12-18(27)11-19(28)13-21/h10-14,16,20H,4-9,15H2,1-3H3. The van der Waals surface area contributed by atoms with Gasteiger partial charge in [0.25, 0.3) is 0 Å². The lowest BCUT2D eigenvalue weighted by Crippen LogP contribution is -2.39. The number of sulfone groups is 1. The molecule has 0 spiro atoms. The molecule has 0 N–H and O–H groups in total. The predicted molar refractivity (Wildman–Crippen MR) is 135 cm³/mol. The van der Waals surface area contributed by atoms with Crippen LogP contribution in [0.15, 0.2) is 35.2 Å². The Balaban J connectivity index is 1.47. The number of piperidine rings is 1. The van der Waals surface area contributed by atoms with E-state index in [4.69, 9.17) is 27.9 Å². The van der Waals surface area contributed by atoms with Gasteiger partial charge in [0.15, 0.2) is 9.84 Å². The van der Waals surface area contributed by atoms with Crippen LogP contribution in [0.5, 0.6) is 0 Å². The number of hydrogen-bond acceptors (Lipinski definition) is 5. The second-order valence-electron chi connectivity index (χ2n) is 10.4. The number of nitrogens with zero attached hydrogens (tertiary/aromatic N) is 1. The molecule has 35 heavy (non-hydrogen) atoms. The van der Waals surface area contributed by atoms with Gasteiger partial charge < -0.3 is 4.74 Å². The van der Waals surface area contributed by atoms with Crippen molar-refractivity contribution in [2.24, 2.45) is 0 Å². The summed E-state index contributed by atoms with van der Waals surface area (Å²) in [5, 5.41) is 0.0541. The summed E-state index contributed by atoms with van der Waals surface area (Å²) in [6.45, 7) is 6.90. The first-order valence-corrected chi connectivity index (χ1v) is 14.1. The highest BCUT2D eigenvalue weighted by Gasteiger charge is 2.34. The van der Waals surface area contributed by atoms with Crippen LogP contribution in [-0.4, -0.2) is 43.2 Å². The molecule has 0 aromatic heterocycles. The number of benzene rings is 2. The van der Waals surface area contributed by atoms with E-state index in [1.54, 1.807) is 26.8 Å². The molecule has 0 amide bonds. The predicted octanol–water partition coefficient (Wildman–Crippen LogP) is 6.40. The molecule has 0 unspecified atom stereocenters. The summed E-state index contributed by atoms with van der Waals surface area (Å²) in [7, 11) is -3.56. The molecule has 2 fully saturated rings. The largest absolute Gasteiger partial charge is 0.456 e. The first-order valence-electron chi connectivity index (χ1n) is 11.8. The van der Waals surface area contributed by atoms with Crippen molar-refractivity contribution < 1.29 is 22.3 Å². The highest BCUT2D eigenvalue weighted by Crippen LogP contribution is 2.43. The lowest BCUT2D eigenvalue weighted by atomic mass is 9.98. The van der Waals surface area contributed by atoms with E-state index in [2.05, 4.69) is 4.90 Å². The van der Waals surface area contributed by atoms with Gasteiger partial charge in [-0.05, 0) is 107 Å². The van der Waals surface area contributed by atoms with E-state index in [0.717, 1.165) is 24.0 Å². The maximum absolute atomic E-state index is 14.9. The fraction of sp³-hybridized carbons (Fsp3) is 0.500. The van der Waals surface area contributed by atoms with Gasteiger partial charge in [0, 0.05) is 16.6 Å². The van der Waals surface area contributed by atoms with Gasteiger partial charge in [-0.2, -0.15) is 0 Å². The second kappa shape index (κ2) is 10.0. The summed E-state index contributed by atoms with van der Waals surface area (Å²) >= 11 is 12.0. The summed E-state index contributed by atoms with van der Waals surface area (Å²) < 4.78 is 46.6. The molecule has 4 rings (SSSR count). The van der Waals surface area contributed by atoms with Crippen LogP contribution in [0, 0.1) is 5.82 Å². The molecular weight excluding hydrogens is 512 g/mol. The van der Waals surface area contributed by atoms with Crippen molar-refractivity contribution in [3.8, 4) is 0 Å². The third kappa shape index (κ3) is 6.37. The molecular formula is C26H30Cl2FNO4S. The number of halogens is 3. The Morgan fingerprint density at radius 3 is 2.17 bits per heavy atom. The maximum atomic E-state index is 14.9. The van der Waals surface area contributed by atoms with E-state index in [0.29, 0.717) is 38.4 Å². The van der Waals surface area contributed by atoms with Gasteiger partial charge in [-0.25, -0.2) is 17.6 Å². The smallest absolute Gasteiger partial charge is 0.341 e. The quantitative estimate of drug-likeness (QED) is 0.395. The van der Waals surface area contributed by atoms with Crippen molar-refractivity contribution in [2.75, 3.05) is 13.1 Å². The number of hydrogen-bond donors (Lipinski definition) is 0. The second-order valence-corrected chi connectivity index (χ2v) is 13.5. The zero-order valence-corrected chi connectivity index (χ0v) is 22.4. The SMILES string of the molecule is CC(C)(C)OC(=O)c1cc(C2CC2)c(CN2CCC(S(=O)(=O)c3cc(Cl)cc(Cl)c3)CC2)cc1F. The molecule has 5 nitrogen and oxygen atoms in total. The summed E-state index contributed by atoms with van der Waals surface area (Å²) in [5.74, 6) is -0.929. The van der Waals surface area contributed by atoms with Crippen molar-refractivity contribution in [2.45, 2.75) is 74.7 Å². The fourth-order valence-electron chi connectivity index (χ4n) is 4.54. The zero-order valence-electron chi connectivity index (χ0n) is 20.1. The van der Waals surface area contributed by atoms with Gasteiger partial charge in [0.05, 0.1) is 15.7 Å². The van der Waals surface area contributed by atoms with Crippen molar-refractivity contribution in [1.82, 2.24) is 4.90 Å². The Morgan fingerprint density at radius 2 is 1.63 bits per heavy atom. The van der Waals surface area contributed by atoms with E-state index in [1.807, 2.05) is 0 Å². The van der Waals surface area contributed by atoms with Crippen LogP contribution < -0.4 is 0 Å². The number of rotatable bonds is 6. The van der Waals surface area contributed by atoms with Gasteiger partial charge in [-0.15, -0.1) is 0 Å². The van der Waals surface area contributed by atoms with Crippen LogP contribution in [0.2, 0.25) is 10.0 Å². The molecule has 1 aliphatic carbocycles. The third-order valence-electron chi connectivity index (χ3n) is 6.40. The molecule has 190 valence electrons. The van der Waals surface area contributed by atoms with E-state index in [-0.39, 0.29) is 20.5 Å². The van der Waals surface area contributed by atoms with Crippen LogP contribution >= 0.6 is 23.2 Å². The molecule has 1 saturated carbocycles. The Kier molecular flexibility index (Phi) is 7.54. The monoisotopic (exact) mass is 541 g/mol. The maximum Gasteiger partial charge on any atom is 0.341 e. The highest BCUT2D eigenvalue weighted by molar-refractivity contribution is 7.92. The average molecular weight is 543 g/mol. The van der Waals surface area contributed by atoms with Crippen LogP contribution in [0.3, 0.4) is 0 Å². The molecule has 2 aliphatic rings. The topological polar surface area (TPSA) is 63.7 Å². The normalized spacial score (nSPS) is 18.0. The number of carbonyl (C=O) groups excluding carboxylic acids is 1. The van der Waals surface area contributed by atoms with Crippen LogP contribution in [0.4, 0.5) is 4.39 Å². The third-order valence-corrected chi connectivity index (χ3v) is 9.08. The van der Waals surface area contributed by atoms with E-state index >= 15 is 0 Å². The lowest BCUT2D eigenvalue weighted by Gasteiger charge is -2.32. The number of ether oxygens (including phenoxy) is 1. The number of likely N-dealkylation sites (tertiary alicyclic amines) is 1. The molecule has 0 atom stereocenters. The molecule has 1 aliphatic heterocycles. The summed E-state index contributed by atoms with van der Waals surface area (Å²) in [6, 6.07) is 7.48. The molecule has 1 heterocycles. The Bertz CT molecular complexity index is 1210. The lowest BCUT2D eigenvalue weighted by molar-refractivity contribution is 0.00645. The minimum absolute atomic E-state index is 0.0319. The van der Waals surface area contributed by atoms with Crippen molar-refractivity contribution in [3.05, 3.63) is 62.9 Å². The van der Waals surface area contributed by atoms with Gasteiger partial charge >= 0.3 is 5.97 Å². The molecule has 2 aromatic rings. The number of carbonyl (C=O) groups is 1. The molecule has 1 saturated heterocycles. The minimum atomic E-state index is -3.56. The average Bonchev–Trinajstić information content (AvgIpc) is 3.57. The van der Waals surface area contributed by atoms with E-state index in [9.17, 15) is 17.6 Å². The van der Waals surface area contributed by atoms with Crippen molar-refractivity contribution in [3.63, 3.8) is 0 Å². The Hall–Kier alpha value is -1.67. The molecule has 9 heteroatoms. The van der Waals surface area contributed by atoms with Gasteiger partial charge in [0.2, 0.25) is 0 Å². The summed E-state index contributed by atoms with van der Waals surface area (Å²) in [4.78, 5) is 14.8. The summed E-state index contributed by atoms with van der Waals surface area (Å²) in [5.41, 5.74) is 1.09. The fourth-order valence-corrected chi connectivity index (χ4v) is 6.99. The van der Waals surface area contributed by atoms with Gasteiger partial charge in [-0.3, -0.25) is 4.90 Å². The van der Waals surface area contributed by atoms with Crippen LogP contribution in [-0.2, 0) is 21.1 Å². The first kappa shape index (κ1) is 26.4. The molecule has 2 aromatic carbocycles. The Labute approximate surface area is 216 Å². The number of esters is 1. The van der Waals surface area contributed by atoms with E-state index in [1.165, 1.54) is 24.3 Å². The molecule has 0 radical (unpaired) electrons. The minimum Gasteiger partial charge on any atom is -0.456 e. The van der Waals surface area contributed by atoms with E-state index < -0.39 is 32.5 Å². The van der Waals surface area contributed by atoms with Crippen molar-refractivity contribution in [1.29, 1.82) is 0 Å². The summed E-state index contributed by atoms with van der Waals surface area (Å²) in [6.07, 6.45) is 2.94. The van der Waals surface area contributed by atoms with Gasteiger partial charge in [-0.1, -0.05) is 23.2 Å². The van der Waals surface area contributed by atoms with Crippen LogP contribution in [0.1, 0.15) is 73.9 Å². The van der Waals surface area contributed by atoms with Crippen LogP contribution in [0.25, 0.3) is 0 Å². The Morgan fingerprint density at radius 1 is 1.03 bits per heavy atom.